The van der Waals surface area contributed by atoms with Crippen LogP contribution in [0.5, 0.6) is 0 Å². The molecule has 0 aromatic rings. The Kier molecular flexibility index (Phi) is 8.68. The summed E-state index contributed by atoms with van der Waals surface area (Å²) in [7, 11) is -2.80. The molecule has 0 aliphatic carbocycles. The molecule has 0 saturated carbocycles. The normalized spacial score (nSPS) is 14.8. The maximum atomic E-state index is 6.29. The summed E-state index contributed by atoms with van der Waals surface area (Å²) in [6, 6.07) is 4.86. The van der Waals surface area contributed by atoms with Crippen molar-refractivity contribution in [3.05, 3.63) is 0 Å². The second-order valence-corrected chi connectivity index (χ2v) is 15.0. The van der Waals surface area contributed by atoms with Crippen LogP contribution in [0.25, 0.3) is 0 Å². The van der Waals surface area contributed by atoms with Gasteiger partial charge in [-0.1, -0.05) is 27.7 Å². The van der Waals surface area contributed by atoms with Gasteiger partial charge in [0, 0.05) is 12.7 Å². The predicted molar refractivity (Wildman–Crippen MR) is 86.3 cm³/mol. The van der Waals surface area contributed by atoms with Gasteiger partial charge in [-0.2, -0.15) is 0 Å². The van der Waals surface area contributed by atoms with Crippen molar-refractivity contribution in [2.24, 2.45) is 0 Å². The molecule has 0 rings (SSSR count). The summed E-state index contributed by atoms with van der Waals surface area (Å²) < 4.78 is 12.4. The maximum absolute atomic E-state index is 6.29. The van der Waals surface area contributed by atoms with E-state index in [0.717, 1.165) is 13.0 Å². The average Bonchev–Trinajstić information content (AvgIpc) is 2.38. The Hall–Kier alpha value is 0.354. The highest BCUT2D eigenvalue weighted by atomic mass is 28.4. The Labute approximate surface area is 117 Å². The molecule has 0 fully saturated rings. The maximum Gasteiger partial charge on any atom is 0.189 e. The lowest BCUT2D eigenvalue weighted by atomic mass is 10.3. The van der Waals surface area contributed by atoms with Crippen molar-refractivity contribution >= 4 is 16.6 Å². The van der Waals surface area contributed by atoms with Gasteiger partial charge in [-0.25, -0.2) is 0 Å². The highest BCUT2D eigenvalue weighted by molar-refractivity contribution is 6.72. The van der Waals surface area contributed by atoms with Gasteiger partial charge in [-0.15, -0.1) is 0 Å². The molecule has 0 aliphatic rings. The minimum Gasteiger partial charge on any atom is -0.417 e. The van der Waals surface area contributed by atoms with Gasteiger partial charge >= 0.3 is 0 Å². The van der Waals surface area contributed by atoms with Crippen molar-refractivity contribution in [2.45, 2.75) is 84.4 Å². The van der Waals surface area contributed by atoms with Crippen LogP contribution in [-0.4, -0.2) is 29.3 Å². The van der Waals surface area contributed by atoms with E-state index >= 15 is 0 Å². The Morgan fingerprint density at radius 2 is 1.28 bits per heavy atom. The van der Waals surface area contributed by atoms with Crippen molar-refractivity contribution < 1.29 is 8.85 Å². The zero-order chi connectivity index (χ0) is 14.2. The highest BCUT2D eigenvalue weighted by Gasteiger charge is 2.27. The molecular formula is C14H34O2Si2. The van der Waals surface area contributed by atoms with Crippen LogP contribution in [0.15, 0.2) is 0 Å². The fraction of sp³-hybridized carbons (Fsp3) is 1.00. The fourth-order valence-electron chi connectivity index (χ4n) is 1.89. The van der Waals surface area contributed by atoms with Crippen LogP contribution in [0.2, 0.25) is 37.3 Å². The first-order chi connectivity index (χ1) is 8.34. The minimum absolute atomic E-state index is 0.355. The lowest BCUT2D eigenvalue weighted by molar-refractivity contribution is 0.164. The average molecular weight is 291 g/mol. The quantitative estimate of drug-likeness (QED) is 0.525. The van der Waals surface area contributed by atoms with Gasteiger partial charge in [-0.3, -0.25) is 0 Å². The third-order valence-electron chi connectivity index (χ3n) is 4.45. The Morgan fingerprint density at radius 1 is 0.833 bits per heavy atom. The van der Waals surface area contributed by atoms with Gasteiger partial charge < -0.3 is 8.85 Å². The summed E-state index contributed by atoms with van der Waals surface area (Å²) in [5.41, 5.74) is 0. The summed E-state index contributed by atoms with van der Waals surface area (Å²) in [4.78, 5) is 0. The van der Waals surface area contributed by atoms with Gasteiger partial charge in [0.25, 0.3) is 0 Å². The van der Waals surface area contributed by atoms with Crippen LogP contribution < -0.4 is 0 Å². The van der Waals surface area contributed by atoms with Gasteiger partial charge in [0.1, 0.15) is 0 Å². The van der Waals surface area contributed by atoms with Crippen LogP contribution in [-0.2, 0) is 8.85 Å². The number of hydrogen-bond donors (Lipinski definition) is 0. The first-order valence-electron chi connectivity index (χ1n) is 7.66. The van der Waals surface area contributed by atoms with E-state index in [4.69, 9.17) is 8.85 Å². The van der Waals surface area contributed by atoms with E-state index in [0.29, 0.717) is 6.10 Å². The second kappa shape index (κ2) is 8.51. The molecule has 0 heterocycles. The second-order valence-electron chi connectivity index (χ2n) is 5.88. The minimum atomic E-state index is -1.42. The van der Waals surface area contributed by atoms with Crippen LogP contribution in [0.4, 0.5) is 0 Å². The van der Waals surface area contributed by atoms with E-state index in [1.807, 2.05) is 0 Å². The molecule has 0 aliphatic heterocycles. The topological polar surface area (TPSA) is 18.5 Å². The molecule has 0 radical (unpaired) electrons. The molecule has 0 spiro atoms. The van der Waals surface area contributed by atoms with E-state index in [9.17, 15) is 0 Å². The van der Waals surface area contributed by atoms with Crippen molar-refractivity contribution in [1.29, 1.82) is 0 Å². The Bertz CT molecular complexity index is 214. The standard InChI is InChI=1S/C14H34O2Si2/c1-8-17(6,9-2)15-13-12-14(5)16-18(7,10-3)11-4/h14H,8-13H2,1-7H3. The first kappa shape index (κ1) is 18.4. The molecule has 110 valence electrons. The zero-order valence-electron chi connectivity index (χ0n) is 13.6. The lowest BCUT2D eigenvalue weighted by Gasteiger charge is -2.30. The lowest BCUT2D eigenvalue weighted by Crippen LogP contribution is -2.38. The summed E-state index contributed by atoms with van der Waals surface area (Å²) in [5, 5.41) is 0. The number of hydrogen-bond acceptors (Lipinski definition) is 2. The first-order valence-corrected chi connectivity index (χ1v) is 13.3. The van der Waals surface area contributed by atoms with Crippen molar-refractivity contribution in [3.8, 4) is 0 Å². The summed E-state index contributed by atoms with van der Waals surface area (Å²) in [5.74, 6) is 0. The molecule has 1 atom stereocenters. The fourth-order valence-corrected chi connectivity index (χ4v) is 5.33. The molecule has 0 saturated heterocycles. The van der Waals surface area contributed by atoms with E-state index in [1.54, 1.807) is 0 Å². The van der Waals surface area contributed by atoms with E-state index < -0.39 is 16.6 Å². The molecule has 4 heteroatoms. The zero-order valence-corrected chi connectivity index (χ0v) is 15.6. The SMILES string of the molecule is CC[Si](C)(CC)OCCC(C)O[Si](C)(CC)CC. The smallest absolute Gasteiger partial charge is 0.189 e. The van der Waals surface area contributed by atoms with Crippen LogP contribution in [0.3, 0.4) is 0 Å². The third-order valence-corrected chi connectivity index (χ3v) is 12.3. The van der Waals surface area contributed by atoms with Gasteiger partial charge in [0.15, 0.2) is 16.6 Å². The van der Waals surface area contributed by atoms with Crippen LogP contribution in [0, 0.1) is 0 Å². The molecular weight excluding hydrogens is 256 g/mol. The molecule has 0 aromatic heterocycles. The highest BCUT2D eigenvalue weighted by Crippen LogP contribution is 2.21. The molecule has 2 nitrogen and oxygen atoms in total. The number of rotatable bonds is 10. The predicted octanol–water partition coefficient (Wildman–Crippen LogP) is 5.03. The summed E-state index contributed by atoms with van der Waals surface area (Å²) in [6.07, 6.45) is 1.40. The molecule has 0 amide bonds. The molecule has 0 bridgehead atoms. The van der Waals surface area contributed by atoms with Gasteiger partial charge in [0.05, 0.1) is 0 Å². The molecule has 0 aromatic carbocycles. The van der Waals surface area contributed by atoms with Crippen LogP contribution in [0.1, 0.15) is 41.0 Å². The molecule has 18 heavy (non-hydrogen) atoms. The summed E-state index contributed by atoms with van der Waals surface area (Å²) >= 11 is 0. The van der Waals surface area contributed by atoms with E-state index in [-0.39, 0.29) is 0 Å². The van der Waals surface area contributed by atoms with Crippen LogP contribution >= 0.6 is 0 Å². The van der Waals surface area contributed by atoms with E-state index in [1.165, 1.54) is 24.2 Å². The summed E-state index contributed by atoms with van der Waals surface area (Å²) in [6.45, 7) is 16.8. The van der Waals surface area contributed by atoms with Gasteiger partial charge in [-0.05, 0) is 50.6 Å². The Balaban J connectivity index is 4.01. The van der Waals surface area contributed by atoms with E-state index in [2.05, 4.69) is 47.7 Å². The van der Waals surface area contributed by atoms with Crippen molar-refractivity contribution in [3.63, 3.8) is 0 Å². The van der Waals surface area contributed by atoms with Crippen molar-refractivity contribution in [1.82, 2.24) is 0 Å². The third kappa shape index (κ3) is 6.50. The Morgan fingerprint density at radius 3 is 1.67 bits per heavy atom. The monoisotopic (exact) mass is 290 g/mol. The largest absolute Gasteiger partial charge is 0.417 e. The molecule has 0 N–H and O–H groups in total. The molecule has 1 unspecified atom stereocenters. The van der Waals surface area contributed by atoms with Gasteiger partial charge in [0.2, 0.25) is 0 Å². The van der Waals surface area contributed by atoms with Crippen molar-refractivity contribution in [2.75, 3.05) is 6.61 Å².